The van der Waals surface area contributed by atoms with Crippen molar-refractivity contribution in [3.05, 3.63) is 59.7 Å². The molecule has 4 nitrogen and oxygen atoms in total. The number of benzene rings is 2. The Labute approximate surface area is 143 Å². The predicted octanol–water partition coefficient (Wildman–Crippen LogP) is 3.04. The molecule has 0 aliphatic rings. The third kappa shape index (κ3) is 4.98. The van der Waals surface area contributed by atoms with Gasteiger partial charge in [-0.05, 0) is 24.3 Å². The average Bonchev–Trinajstić information content (AvgIpc) is 2.58. The van der Waals surface area contributed by atoms with Gasteiger partial charge in [-0.2, -0.15) is 17.9 Å². The molecule has 0 spiro atoms. The standard InChI is InChI=1S/C17H14F3NO3S/c1-24-14-8-4-9-15(12-14)25(22,23)21-11-5-7-13-6-2-3-10-16(13)17(18,19)20/h2-4,6,8-10,12,21H,11H2,1H3. The van der Waals surface area contributed by atoms with Crippen molar-refractivity contribution in [2.24, 2.45) is 0 Å². The topological polar surface area (TPSA) is 55.4 Å². The van der Waals surface area contributed by atoms with Gasteiger partial charge in [0.05, 0.1) is 24.1 Å². The number of sulfonamides is 1. The van der Waals surface area contributed by atoms with E-state index in [-0.39, 0.29) is 17.0 Å². The number of halogens is 3. The van der Waals surface area contributed by atoms with Crippen LogP contribution in [-0.2, 0) is 16.2 Å². The molecule has 0 saturated carbocycles. The summed E-state index contributed by atoms with van der Waals surface area (Å²) in [5.41, 5.74) is -1.08. The molecule has 8 heteroatoms. The van der Waals surface area contributed by atoms with Gasteiger partial charge >= 0.3 is 6.18 Å². The van der Waals surface area contributed by atoms with Crippen molar-refractivity contribution in [1.82, 2.24) is 4.72 Å². The first-order valence-electron chi connectivity index (χ1n) is 7.03. The molecule has 0 atom stereocenters. The molecule has 0 fully saturated rings. The van der Waals surface area contributed by atoms with Gasteiger partial charge in [-0.15, -0.1) is 0 Å². The number of nitrogens with one attached hydrogen (secondary N) is 1. The minimum atomic E-state index is -4.52. The maximum Gasteiger partial charge on any atom is 0.417 e. The highest BCUT2D eigenvalue weighted by Gasteiger charge is 2.32. The van der Waals surface area contributed by atoms with E-state index >= 15 is 0 Å². The van der Waals surface area contributed by atoms with Crippen LogP contribution in [0.5, 0.6) is 5.75 Å². The first-order valence-corrected chi connectivity index (χ1v) is 8.51. The van der Waals surface area contributed by atoms with Gasteiger partial charge < -0.3 is 4.74 Å². The summed E-state index contributed by atoms with van der Waals surface area (Å²) in [6.45, 7) is -0.328. The largest absolute Gasteiger partial charge is 0.497 e. The van der Waals surface area contributed by atoms with Crippen LogP contribution in [0.25, 0.3) is 0 Å². The Hall–Kier alpha value is -2.50. The highest BCUT2D eigenvalue weighted by Crippen LogP contribution is 2.31. The van der Waals surface area contributed by atoms with Crippen molar-refractivity contribution >= 4 is 10.0 Å². The van der Waals surface area contributed by atoms with E-state index in [1.165, 1.54) is 43.5 Å². The highest BCUT2D eigenvalue weighted by molar-refractivity contribution is 7.89. The molecular weight excluding hydrogens is 355 g/mol. The molecule has 0 aliphatic carbocycles. The average molecular weight is 369 g/mol. The zero-order valence-electron chi connectivity index (χ0n) is 13.1. The van der Waals surface area contributed by atoms with Crippen LogP contribution in [0.2, 0.25) is 0 Å². The summed E-state index contributed by atoms with van der Waals surface area (Å²) < 4.78 is 70.0. The molecule has 0 radical (unpaired) electrons. The quantitative estimate of drug-likeness (QED) is 0.843. The van der Waals surface area contributed by atoms with Crippen LogP contribution < -0.4 is 9.46 Å². The maximum atomic E-state index is 12.8. The van der Waals surface area contributed by atoms with Gasteiger partial charge in [0.25, 0.3) is 0 Å². The third-order valence-corrected chi connectivity index (χ3v) is 4.56. The lowest BCUT2D eigenvalue weighted by atomic mass is 10.1. The van der Waals surface area contributed by atoms with Crippen molar-refractivity contribution in [3.8, 4) is 17.6 Å². The highest BCUT2D eigenvalue weighted by atomic mass is 32.2. The smallest absolute Gasteiger partial charge is 0.417 e. The van der Waals surface area contributed by atoms with E-state index < -0.39 is 21.8 Å². The first-order chi connectivity index (χ1) is 11.7. The molecule has 0 bridgehead atoms. The van der Waals surface area contributed by atoms with Gasteiger partial charge in [0.2, 0.25) is 10.0 Å². The molecule has 2 aromatic carbocycles. The van der Waals surface area contributed by atoms with Crippen LogP contribution >= 0.6 is 0 Å². The Morgan fingerprint density at radius 2 is 1.84 bits per heavy atom. The van der Waals surface area contributed by atoms with Gasteiger partial charge in [-0.1, -0.05) is 30.0 Å². The van der Waals surface area contributed by atoms with Crippen LogP contribution in [0, 0.1) is 11.8 Å². The second kappa shape index (κ2) is 7.59. The molecule has 0 aromatic heterocycles. The minimum Gasteiger partial charge on any atom is -0.497 e. The van der Waals surface area contributed by atoms with Gasteiger partial charge in [-0.3, -0.25) is 0 Å². The second-order valence-electron chi connectivity index (χ2n) is 4.85. The summed E-state index contributed by atoms with van der Waals surface area (Å²) in [4.78, 5) is -0.0238. The normalized spacial score (nSPS) is 11.5. The van der Waals surface area contributed by atoms with Crippen LogP contribution in [-0.4, -0.2) is 22.1 Å². The Kier molecular flexibility index (Phi) is 5.72. The summed E-state index contributed by atoms with van der Waals surface area (Å²) in [5.74, 6) is 5.11. The summed E-state index contributed by atoms with van der Waals surface area (Å²) in [5, 5.41) is 0. The van der Waals surface area contributed by atoms with E-state index in [4.69, 9.17) is 4.74 Å². The molecule has 2 aromatic rings. The van der Waals surface area contributed by atoms with Crippen molar-refractivity contribution in [3.63, 3.8) is 0 Å². The van der Waals surface area contributed by atoms with Crippen LogP contribution in [0.1, 0.15) is 11.1 Å². The van der Waals surface area contributed by atoms with Crippen molar-refractivity contribution < 1.29 is 26.3 Å². The second-order valence-corrected chi connectivity index (χ2v) is 6.62. The maximum absolute atomic E-state index is 12.8. The van der Waals surface area contributed by atoms with Crippen LogP contribution in [0.3, 0.4) is 0 Å². The number of hydrogen-bond donors (Lipinski definition) is 1. The number of methoxy groups -OCH3 is 1. The Morgan fingerprint density at radius 3 is 2.52 bits per heavy atom. The van der Waals surface area contributed by atoms with Crippen molar-refractivity contribution in [2.75, 3.05) is 13.7 Å². The summed E-state index contributed by atoms with van der Waals surface area (Å²) in [6, 6.07) is 10.6. The molecule has 0 aliphatic heterocycles. The molecule has 1 N–H and O–H groups in total. The van der Waals surface area contributed by atoms with Crippen molar-refractivity contribution in [2.45, 2.75) is 11.1 Å². The van der Waals surface area contributed by atoms with Gasteiger partial charge in [0.1, 0.15) is 5.75 Å². The molecule has 0 unspecified atom stereocenters. The third-order valence-electron chi connectivity index (χ3n) is 3.16. The first kappa shape index (κ1) is 18.8. The summed E-state index contributed by atoms with van der Waals surface area (Å²) in [6.07, 6.45) is -4.52. The van der Waals surface area contributed by atoms with E-state index in [9.17, 15) is 21.6 Å². The zero-order chi connectivity index (χ0) is 18.5. The molecule has 2 rings (SSSR count). The lowest BCUT2D eigenvalue weighted by Gasteiger charge is -2.08. The van der Waals surface area contributed by atoms with E-state index in [0.29, 0.717) is 5.75 Å². The van der Waals surface area contributed by atoms with E-state index in [2.05, 4.69) is 16.6 Å². The lowest BCUT2D eigenvalue weighted by molar-refractivity contribution is -0.137. The number of rotatable bonds is 4. The summed E-state index contributed by atoms with van der Waals surface area (Å²) in [7, 11) is -2.44. The minimum absolute atomic E-state index is 0.0238. The van der Waals surface area contributed by atoms with Gasteiger partial charge in [0.15, 0.2) is 0 Å². The predicted molar refractivity (Wildman–Crippen MR) is 86.5 cm³/mol. The molecular formula is C17H14F3NO3S. The summed E-state index contributed by atoms with van der Waals surface area (Å²) >= 11 is 0. The Bertz CT molecular complexity index is 912. The lowest BCUT2D eigenvalue weighted by Crippen LogP contribution is -2.24. The Morgan fingerprint density at radius 1 is 1.12 bits per heavy atom. The fourth-order valence-electron chi connectivity index (χ4n) is 1.96. The van der Waals surface area contributed by atoms with E-state index in [0.717, 1.165) is 6.07 Å². The van der Waals surface area contributed by atoms with E-state index in [1.54, 1.807) is 6.07 Å². The van der Waals surface area contributed by atoms with E-state index in [1.807, 2.05) is 0 Å². The number of alkyl halides is 3. The molecule has 0 amide bonds. The molecule has 25 heavy (non-hydrogen) atoms. The fraction of sp³-hybridized carbons (Fsp3) is 0.176. The monoisotopic (exact) mass is 369 g/mol. The van der Waals surface area contributed by atoms with Gasteiger partial charge in [0, 0.05) is 11.6 Å². The number of ether oxygens (including phenoxy) is 1. The Balaban J connectivity index is 2.13. The zero-order valence-corrected chi connectivity index (χ0v) is 13.9. The van der Waals surface area contributed by atoms with Crippen LogP contribution in [0.4, 0.5) is 13.2 Å². The fourth-order valence-corrected chi connectivity index (χ4v) is 2.92. The van der Waals surface area contributed by atoms with Crippen molar-refractivity contribution in [1.29, 1.82) is 0 Å². The SMILES string of the molecule is COc1cccc(S(=O)(=O)NCC#Cc2ccccc2C(F)(F)F)c1. The molecule has 132 valence electrons. The van der Waals surface area contributed by atoms with Gasteiger partial charge in [-0.25, -0.2) is 8.42 Å². The number of hydrogen-bond acceptors (Lipinski definition) is 3. The molecule has 0 saturated heterocycles. The molecule has 0 heterocycles. The van der Waals surface area contributed by atoms with Crippen LogP contribution in [0.15, 0.2) is 53.4 Å².